The molecule has 3 aromatic heterocycles. The Morgan fingerprint density at radius 1 is 1.21 bits per heavy atom. The summed E-state index contributed by atoms with van der Waals surface area (Å²) < 4.78 is 14.2. The van der Waals surface area contributed by atoms with Gasteiger partial charge in [-0.3, -0.25) is 0 Å². The van der Waals surface area contributed by atoms with Crippen LogP contribution in [0.2, 0.25) is 5.15 Å². The smallest absolute Gasteiger partial charge is 0.146 e. The minimum Gasteiger partial charge on any atom is -0.491 e. The third-order valence-electron chi connectivity index (χ3n) is 5.21. The van der Waals surface area contributed by atoms with E-state index in [4.69, 9.17) is 21.1 Å². The van der Waals surface area contributed by atoms with Gasteiger partial charge in [0.1, 0.15) is 41.5 Å². The Bertz CT molecular complexity index is 1180. The molecule has 1 aromatic carbocycles. The number of fused-ring (bicyclic) bond motifs is 2. The molecule has 1 unspecified atom stereocenters. The van der Waals surface area contributed by atoms with E-state index in [0.29, 0.717) is 11.8 Å². The molecule has 4 aromatic rings. The lowest BCUT2D eigenvalue weighted by Gasteiger charge is -2.16. The van der Waals surface area contributed by atoms with Gasteiger partial charge in [-0.1, -0.05) is 11.6 Å². The van der Waals surface area contributed by atoms with Crippen LogP contribution in [0.25, 0.3) is 21.9 Å². The van der Waals surface area contributed by atoms with Gasteiger partial charge in [-0.25, -0.2) is 15.0 Å². The minimum absolute atomic E-state index is 0.0158. The van der Waals surface area contributed by atoms with Crippen molar-refractivity contribution in [3.63, 3.8) is 0 Å². The van der Waals surface area contributed by atoms with E-state index >= 15 is 0 Å². The maximum absolute atomic E-state index is 6.21. The number of anilines is 1. The van der Waals surface area contributed by atoms with Gasteiger partial charge in [-0.2, -0.15) is 0 Å². The molecule has 8 heteroatoms. The lowest BCUT2D eigenvalue weighted by Crippen LogP contribution is -2.18. The summed E-state index contributed by atoms with van der Waals surface area (Å²) in [5, 5.41) is 5.43. The zero-order chi connectivity index (χ0) is 19.8. The van der Waals surface area contributed by atoms with Gasteiger partial charge in [-0.15, -0.1) is 0 Å². The van der Waals surface area contributed by atoms with Crippen LogP contribution in [0.15, 0.2) is 48.9 Å². The Kier molecular flexibility index (Phi) is 4.69. The molecule has 0 aliphatic carbocycles. The summed E-state index contributed by atoms with van der Waals surface area (Å²) in [5.41, 5.74) is 1.69. The highest BCUT2D eigenvalue weighted by atomic mass is 35.5. The fourth-order valence-corrected chi connectivity index (χ4v) is 3.89. The summed E-state index contributed by atoms with van der Waals surface area (Å²) in [5.74, 6) is 1.62. The molecule has 148 valence electrons. The molecule has 1 aliphatic rings. The van der Waals surface area contributed by atoms with Crippen LogP contribution in [0, 0.1) is 0 Å². The maximum atomic E-state index is 6.21. The van der Waals surface area contributed by atoms with E-state index < -0.39 is 0 Å². The molecular formula is C21H20ClN5O2. The molecule has 0 saturated carbocycles. The van der Waals surface area contributed by atoms with Crippen molar-refractivity contribution in [1.29, 1.82) is 0 Å². The molecule has 1 N–H and O–H groups in total. The number of rotatable bonds is 5. The summed E-state index contributed by atoms with van der Waals surface area (Å²) in [6, 6.07) is 11.9. The van der Waals surface area contributed by atoms with Crippen LogP contribution >= 0.6 is 11.6 Å². The summed E-state index contributed by atoms with van der Waals surface area (Å²) in [6.07, 6.45) is 5.17. The topological polar surface area (TPSA) is 74.1 Å². The Morgan fingerprint density at radius 3 is 3.00 bits per heavy atom. The van der Waals surface area contributed by atoms with Gasteiger partial charge in [0.05, 0.1) is 17.0 Å². The number of benzene rings is 1. The van der Waals surface area contributed by atoms with E-state index in [1.54, 1.807) is 0 Å². The Labute approximate surface area is 172 Å². The van der Waals surface area contributed by atoms with Crippen LogP contribution in [0.1, 0.15) is 19.1 Å². The molecule has 2 atom stereocenters. The van der Waals surface area contributed by atoms with Gasteiger partial charge >= 0.3 is 0 Å². The van der Waals surface area contributed by atoms with E-state index in [-0.39, 0.29) is 12.3 Å². The van der Waals surface area contributed by atoms with Crippen LogP contribution in [0.3, 0.4) is 0 Å². The van der Waals surface area contributed by atoms with Crippen molar-refractivity contribution in [2.45, 2.75) is 25.2 Å². The number of pyridine rings is 1. The fraction of sp³-hybridized carbons (Fsp3) is 0.286. The lowest BCUT2D eigenvalue weighted by molar-refractivity contribution is -0.0156. The van der Waals surface area contributed by atoms with E-state index in [2.05, 4.69) is 20.3 Å². The third kappa shape index (κ3) is 3.47. The second-order valence-electron chi connectivity index (χ2n) is 7.03. The van der Waals surface area contributed by atoms with Crippen molar-refractivity contribution in [3.05, 3.63) is 54.1 Å². The zero-order valence-corrected chi connectivity index (χ0v) is 16.6. The first-order valence-corrected chi connectivity index (χ1v) is 9.93. The predicted octanol–water partition coefficient (Wildman–Crippen LogP) is 4.43. The molecule has 7 nitrogen and oxygen atoms in total. The first-order chi connectivity index (χ1) is 14.2. The first kappa shape index (κ1) is 18.1. The number of nitrogens with one attached hydrogen (secondary N) is 1. The summed E-state index contributed by atoms with van der Waals surface area (Å²) in [7, 11) is 1.86. The monoisotopic (exact) mass is 409 g/mol. The normalized spacial score (nSPS) is 19.1. The Balaban J connectivity index is 1.26. The van der Waals surface area contributed by atoms with Crippen molar-refractivity contribution < 1.29 is 9.47 Å². The molecule has 0 bridgehead atoms. The quantitative estimate of drug-likeness (QED) is 0.491. The Hall–Kier alpha value is -2.90. The van der Waals surface area contributed by atoms with Gasteiger partial charge in [0, 0.05) is 24.7 Å². The highest BCUT2D eigenvalue weighted by Crippen LogP contribution is 2.32. The van der Waals surface area contributed by atoms with Crippen molar-refractivity contribution in [2.24, 2.45) is 0 Å². The number of halogens is 1. The summed E-state index contributed by atoms with van der Waals surface area (Å²) in [4.78, 5) is 12.9. The van der Waals surface area contributed by atoms with E-state index in [1.165, 1.54) is 6.33 Å². The summed E-state index contributed by atoms with van der Waals surface area (Å²) in [6.45, 7) is 0.489. The highest BCUT2D eigenvalue weighted by molar-refractivity contribution is 6.33. The Morgan fingerprint density at radius 2 is 2.10 bits per heavy atom. The number of aromatic nitrogens is 4. The standard InChI is InChI=1S/C21H20ClN5O2/c1-23-18-6-3-13-2-4-14(10-17(13)26-18)28-11-15-5-7-19(29-15)27-9-8-16-20(22)24-12-25-21(16)27/h2-4,6,8-10,12,15,19H,5,7,11H2,1H3,(H,23,26)/t15?,19-/m1/s1. The second-order valence-corrected chi connectivity index (χ2v) is 7.38. The van der Waals surface area contributed by atoms with Crippen molar-refractivity contribution in [1.82, 2.24) is 19.5 Å². The fourth-order valence-electron chi connectivity index (χ4n) is 3.70. The molecule has 1 aliphatic heterocycles. The molecule has 4 heterocycles. The van der Waals surface area contributed by atoms with Crippen LogP contribution in [-0.4, -0.2) is 39.3 Å². The van der Waals surface area contributed by atoms with Crippen LogP contribution in [-0.2, 0) is 4.74 Å². The first-order valence-electron chi connectivity index (χ1n) is 9.55. The second kappa shape index (κ2) is 7.50. The van der Waals surface area contributed by atoms with E-state index in [1.807, 2.05) is 54.2 Å². The largest absolute Gasteiger partial charge is 0.491 e. The van der Waals surface area contributed by atoms with Gasteiger partial charge in [0.2, 0.25) is 0 Å². The third-order valence-corrected chi connectivity index (χ3v) is 5.51. The van der Waals surface area contributed by atoms with Crippen molar-refractivity contribution in [3.8, 4) is 5.75 Å². The van der Waals surface area contributed by atoms with E-state index in [0.717, 1.165) is 46.3 Å². The van der Waals surface area contributed by atoms with Crippen LogP contribution in [0.4, 0.5) is 5.82 Å². The molecule has 0 spiro atoms. The number of ether oxygens (including phenoxy) is 2. The van der Waals surface area contributed by atoms with Crippen LogP contribution in [0.5, 0.6) is 5.75 Å². The van der Waals surface area contributed by atoms with Gasteiger partial charge < -0.3 is 19.4 Å². The molecule has 1 fully saturated rings. The average Bonchev–Trinajstić information content (AvgIpc) is 3.39. The van der Waals surface area contributed by atoms with Crippen molar-refractivity contribution in [2.75, 3.05) is 19.0 Å². The molecule has 29 heavy (non-hydrogen) atoms. The number of hydrogen-bond donors (Lipinski definition) is 1. The lowest BCUT2D eigenvalue weighted by atomic mass is 10.2. The van der Waals surface area contributed by atoms with Crippen molar-refractivity contribution >= 4 is 39.4 Å². The average molecular weight is 410 g/mol. The van der Waals surface area contributed by atoms with Gasteiger partial charge in [-0.05, 0) is 43.2 Å². The van der Waals surface area contributed by atoms with Gasteiger partial charge in [0.25, 0.3) is 0 Å². The highest BCUT2D eigenvalue weighted by Gasteiger charge is 2.28. The number of nitrogens with zero attached hydrogens (tertiary/aromatic N) is 4. The minimum atomic E-state index is -0.0801. The summed E-state index contributed by atoms with van der Waals surface area (Å²) >= 11 is 6.15. The molecule has 5 rings (SSSR count). The molecular weight excluding hydrogens is 390 g/mol. The molecule has 1 saturated heterocycles. The maximum Gasteiger partial charge on any atom is 0.146 e. The zero-order valence-electron chi connectivity index (χ0n) is 15.9. The number of hydrogen-bond acceptors (Lipinski definition) is 6. The predicted molar refractivity (Wildman–Crippen MR) is 112 cm³/mol. The van der Waals surface area contributed by atoms with Gasteiger partial charge in [0.15, 0.2) is 0 Å². The molecule has 0 radical (unpaired) electrons. The SMILES string of the molecule is CNc1ccc2ccc(OCC3CC[C@H](n4ccc5c(Cl)ncnc54)O3)cc2n1. The molecule has 0 amide bonds. The van der Waals surface area contributed by atoms with Crippen LogP contribution < -0.4 is 10.1 Å². The van der Waals surface area contributed by atoms with E-state index in [9.17, 15) is 0 Å².